The van der Waals surface area contributed by atoms with E-state index in [9.17, 15) is 4.39 Å². The highest BCUT2D eigenvalue weighted by molar-refractivity contribution is 7.99. The lowest BCUT2D eigenvalue weighted by Gasteiger charge is -2.13. The molecule has 0 aliphatic carbocycles. The largest absolute Gasteiger partial charge is 0.312 e. The number of nitrogens with one attached hydrogen (secondary N) is 1. The minimum Gasteiger partial charge on any atom is -0.312 e. The lowest BCUT2D eigenvalue weighted by Crippen LogP contribution is -2.19. The van der Waals surface area contributed by atoms with Crippen LogP contribution in [0.1, 0.15) is 19.4 Å². The van der Waals surface area contributed by atoms with Crippen molar-refractivity contribution in [1.29, 1.82) is 0 Å². The summed E-state index contributed by atoms with van der Waals surface area (Å²) in [5.41, 5.74) is 1.06. The second kappa shape index (κ2) is 8.56. The summed E-state index contributed by atoms with van der Waals surface area (Å²) in [6, 6.07) is 5.08. The molecule has 0 radical (unpaired) electrons. The zero-order valence-electron chi connectivity index (χ0n) is 12.4. The van der Waals surface area contributed by atoms with E-state index in [0.29, 0.717) is 5.92 Å². The van der Waals surface area contributed by atoms with Crippen LogP contribution in [0.4, 0.5) is 4.39 Å². The Morgan fingerprint density at radius 3 is 2.68 bits per heavy atom. The Morgan fingerprint density at radius 1 is 1.32 bits per heavy atom. The van der Waals surface area contributed by atoms with Gasteiger partial charge in [-0.25, -0.2) is 4.39 Å². The maximum atomic E-state index is 13.3. The van der Waals surface area contributed by atoms with Crippen LogP contribution in [0.25, 0.3) is 0 Å². The highest BCUT2D eigenvalue weighted by Gasteiger charge is 2.05. The Kier molecular flexibility index (Phi) is 7.42. The number of halogens is 1. The number of hydrogen-bond acceptors (Lipinski definition) is 3. The summed E-state index contributed by atoms with van der Waals surface area (Å²) in [5, 5.41) is 3.38. The second-order valence-corrected chi connectivity index (χ2v) is 6.57. The molecule has 0 fully saturated rings. The molecule has 0 spiro atoms. The molecule has 1 rings (SSSR count). The van der Waals surface area contributed by atoms with Crippen LogP contribution >= 0.6 is 11.8 Å². The summed E-state index contributed by atoms with van der Waals surface area (Å²) in [7, 11) is 4.13. The van der Waals surface area contributed by atoms with Gasteiger partial charge in [-0.15, -0.1) is 11.8 Å². The molecule has 0 aliphatic heterocycles. The molecule has 0 saturated heterocycles. The minimum atomic E-state index is -0.154. The van der Waals surface area contributed by atoms with E-state index in [1.165, 1.54) is 4.90 Å². The Morgan fingerprint density at radius 2 is 2.05 bits per heavy atom. The van der Waals surface area contributed by atoms with Crippen molar-refractivity contribution in [3.05, 3.63) is 29.6 Å². The Balaban J connectivity index is 2.58. The molecule has 0 aromatic heterocycles. The van der Waals surface area contributed by atoms with E-state index >= 15 is 0 Å². The zero-order valence-corrected chi connectivity index (χ0v) is 13.2. The van der Waals surface area contributed by atoms with Crippen LogP contribution in [0.3, 0.4) is 0 Å². The first-order valence-corrected chi connectivity index (χ1v) is 7.74. The van der Waals surface area contributed by atoms with Crippen molar-refractivity contribution in [3.8, 4) is 0 Å². The van der Waals surface area contributed by atoms with Crippen LogP contribution in [0.2, 0.25) is 0 Å². The van der Waals surface area contributed by atoms with E-state index in [-0.39, 0.29) is 5.82 Å². The SMILES string of the molecule is CC(C)CNCc1cc(F)ccc1SCCN(C)C. The third-order valence-electron chi connectivity index (χ3n) is 2.69. The molecule has 0 saturated carbocycles. The van der Waals surface area contributed by atoms with Crippen molar-refractivity contribution in [1.82, 2.24) is 10.2 Å². The fourth-order valence-electron chi connectivity index (χ4n) is 1.66. The van der Waals surface area contributed by atoms with E-state index in [1.54, 1.807) is 23.9 Å². The van der Waals surface area contributed by atoms with Crippen LogP contribution in [-0.2, 0) is 6.54 Å². The van der Waals surface area contributed by atoms with E-state index in [0.717, 1.165) is 31.0 Å². The van der Waals surface area contributed by atoms with Gasteiger partial charge in [-0.1, -0.05) is 13.8 Å². The van der Waals surface area contributed by atoms with Crippen LogP contribution < -0.4 is 5.32 Å². The first kappa shape index (κ1) is 16.5. The molecule has 4 heteroatoms. The maximum Gasteiger partial charge on any atom is 0.123 e. The van der Waals surface area contributed by atoms with Gasteiger partial charge in [-0.2, -0.15) is 0 Å². The van der Waals surface area contributed by atoms with E-state index in [4.69, 9.17) is 0 Å². The molecular weight excluding hydrogens is 259 g/mol. The van der Waals surface area contributed by atoms with Gasteiger partial charge in [0.1, 0.15) is 5.82 Å². The summed E-state index contributed by atoms with van der Waals surface area (Å²) < 4.78 is 13.3. The van der Waals surface area contributed by atoms with Crippen LogP contribution in [0.5, 0.6) is 0 Å². The first-order valence-electron chi connectivity index (χ1n) is 6.75. The molecule has 108 valence electrons. The average Bonchev–Trinajstić information content (AvgIpc) is 2.31. The summed E-state index contributed by atoms with van der Waals surface area (Å²) >= 11 is 1.79. The lowest BCUT2D eigenvalue weighted by molar-refractivity contribution is 0.437. The van der Waals surface area contributed by atoms with Gasteiger partial charge in [-0.05, 0) is 50.3 Å². The molecular formula is C15H25FN2S. The summed E-state index contributed by atoms with van der Waals surface area (Å²) in [4.78, 5) is 3.34. The first-order chi connectivity index (χ1) is 8.99. The van der Waals surface area contributed by atoms with Gasteiger partial charge in [0.05, 0.1) is 0 Å². The molecule has 1 aromatic carbocycles. The van der Waals surface area contributed by atoms with Gasteiger partial charge in [0.2, 0.25) is 0 Å². The maximum absolute atomic E-state index is 13.3. The van der Waals surface area contributed by atoms with Gasteiger partial charge in [0.15, 0.2) is 0 Å². The molecule has 0 unspecified atom stereocenters. The van der Waals surface area contributed by atoms with E-state index < -0.39 is 0 Å². The monoisotopic (exact) mass is 284 g/mol. The highest BCUT2D eigenvalue weighted by Crippen LogP contribution is 2.23. The molecule has 19 heavy (non-hydrogen) atoms. The zero-order chi connectivity index (χ0) is 14.3. The van der Waals surface area contributed by atoms with Crippen molar-refractivity contribution in [3.63, 3.8) is 0 Å². The van der Waals surface area contributed by atoms with Crippen molar-refractivity contribution in [2.45, 2.75) is 25.3 Å². The fraction of sp³-hybridized carbons (Fsp3) is 0.600. The topological polar surface area (TPSA) is 15.3 Å². The highest BCUT2D eigenvalue weighted by atomic mass is 32.2. The molecule has 1 aromatic rings. The van der Waals surface area contributed by atoms with Crippen molar-refractivity contribution in [2.75, 3.05) is 32.9 Å². The van der Waals surface area contributed by atoms with E-state index in [2.05, 4.69) is 38.2 Å². The second-order valence-electron chi connectivity index (χ2n) is 5.43. The third kappa shape index (κ3) is 6.95. The quantitative estimate of drug-likeness (QED) is 0.738. The number of nitrogens with zero attached hydrogens (tertiary/aromatic N) is 1. The minimum absolute atomic E-state index is 0.154. The van der Waals surface area contributed by atoms with Gasteiger partial charge in [0.25, 0.3) is 0 Å². The normalized spacial score (nSPS) is 11.5. The Bertz CT molecular complexity index is 380. The number of thioether (sulfide) groups is 1. The fourth-order valence-corrected chi connectivity index (χ4v) is 2.82. The van der Waals surface area contributed by atoms with Gasteiger partial charge in [-0.3, -0.25) is 0 Å². The predicted octanol–water partition coefficient (Wildman–Crippen LogP) is 3.23. The van der Waals surface area contributed by atoms with Crippen molar-refractivity contribution in [2.24, 2.45) is 5.92 Å². The smallest absolute Gasteiger partial charge is 0.123 e. The van der Waals surface area contributed by atoms with Crippen molar-refractivity contribution >= 4 is 11.8 Å². The van der Waals surface area contributed by atoms with Crippen LogP contribution in [-0.4, -0.2) is 37.8 Å². The van der Waals surface area contributed by atoms with Crippen LogP contribution in [0.15, 0.2) is 23.1 Å². The van der Waals surface area contributed by atoms with Crippen LogP contribution in [0, 0.1) is 11.7 Å². The Hall–Kier alpha value is -0.580. The predicted molar refractivity (Wildman–Crippen MR) is 82.2 cm³/mol. The molecule has 2 nitrogen and oxygen atoms in total. The number of benzene rings is 1. The Labute approximate surface area is 120 Å². The molecule has 0 bridgehead atoms. The third-order valence-corrected chi connectivity index (χ3v) is 3.78. The summed E-state index contributed by atoms with van der Waals surface area (Å²) in [6.45, 7) is 7.07. The molecule has 0 aliphatic rings. The van der Waals surface area contributed by atoms with Crippen molar-refractivity contribution < 1.29 is 4.39 Å². The molecule has 0 atom stereocenters. The molecule has 0 heterocycles. The van der Waals surface area contributed by atoms with Gasteiger partial charge >= 0.3 is 0 Å². The lowest BCUT2D eigenvalue weighted by atomic mass is 10.2. The molecule has 1 N–H and O–H groups in total. The number of hydrogen-bond donors (Lipinski definition) is 1. The molecule has 0 amide bonds. The summed E-state index contributed by atoms with van der Waals surface area (Å²) in [6.07, 6.45) is 0. The summed E-state index contributed by atoms with van der Waals surface area (Å²) in [5.74, 6) is 1.48. The van der Waals surface area contributed by atoms with Gasteiger partial charge in [0, 0.05) is 23.7 Å². The standard InChI is InChI=1S/C15H25FN2S/c1-12(2)10-17-11-13-9-14(16)5-6-15(13)19-8-7-18(3)4/h5-6,9,12,17H,7-8,10-11H2,1-4H3. The number of rotatable bonds is 8. The van der Waals surface area contributed by atoms with Gasteiger partial charge < -0.3 is 10.2 Å². The van der Waals surface area contributed by atoms with E-state index in [1.807, 2.05) is 6.07 Å². The average molecular weight is 284 g/mol.